The van der Waals surface area contributed by atoms with E-state index in [4.69, 9.17) is 9.47 Å². The van der Waals surface area contributed by atoms with Crippen molar-refractivity contribution in [1.29, 1.82) is 0 Å². The number of hydrogen-bond donors (Lipinski definition) is 1. The fourth-order valence-corrected chi connectivity index (χ4v) is 2.17. The van der Waals surface area contributed by atoms with Gasteiger partial charge in [-0.1, -0.05) is 11.3 Å². The third-order valence-electron chi connectivity index (χ3n) is 2.19. The van der Waals surface area contributed by atoms with Crippen LogP contribution in [0.25, 0.3) is 0 Å². The third kappa shape index (κ3) is 2.75. The Morgan fingerprint density at radius 1 is 1.69 bits per heavy atom. The Morgan fingerprint density at radius 2 is 2.56 bits per heavy atom. The van der Waals surface area contributed by atoms with Crippen molar-refractivity contribution in [3.8, 4) is 0 Å². The molecule has 0 saturated carbocycles. The molecule has 0 bridgehead atoms. The lowest BCUT2D eigenvalue weighted by Crippen LogP contribution is -2.26. The zero-order valence-electron chi connectivity index (χ0n) is 8.93. The molecule has 2 heterocycles. The van der Waals surface area contributed by atoms with Gasteiger partial charge in [0.25, 0.3) is 5.91 Å². The molecule has 1 fully saturated rings. The molecule has 1 saturated heterocycles. The maximum Gasteiger partial charge on any atom is 0.255 e. The van der Waals surface area contributed by atoms with Crippen molar-refractivity contribution in [2.45, 2.75) is 25.6 Å². The number of amides is 1. The van der Waals surface area contributed by atoms with Crippen LogP contribution in [-0.2, 0) is 20.9 Å². The van der Waals surface area contributed by atoms with Crippen molar-refractivity contribution in [2.75, 3.05) is 19.0 Å². The van der Waals surface area contributed by atoms with E-state index in [1.807, 2.05) is 0 Å². The van der Waals surface area contributed by atoms with Crippen LogP contribution in [-0.4, -0.2) is 35.9 Å². The number of carbonyl (C=O) groups excluding carboxylic acids is 1. The molecule has 1 N–H and O–H groups in total. The topological polar surface area (TPSA) is 73.3 Å². The second-order valence-electron chi connectivity index (χ2n) is 3.42. The number of nitrogens with one attached hydrogen (secondary N) is 1. The van der Waals surface area contributed by atoms with Crippen LogP contribution in [0, 0.1) is 0 Å². The molecule has 1 aliphatic heterocycles. The quantitative estimate of drug-likeness (QED) is 0.846. The summed E-state index contributed by atoms with van der Waals surface area (Å²) in [6, 6.07) is 0. The van der Waals surface area contributed by atoms with Crippen LogP contribution in [0.1, 0.15) is 17.8 Å². The average molecular weight is 243 g/mol. The van der Waals surface area contributed by atoms with Gasteiger partial charge in [-0.25, -0.2) is 0 Å². The van der Waals surface area contributed by atoms with Crippen LogP contribution < -0.4 is 5.32 Å². The summed E-state index contributed by atoms with van der Waals surface area (Å²) in [5, 5.41) is 11.6. The monoisotopic (exact) mass is 243 g/mol. The number of hydrogen-bond acceptors (Lipinski definition) is 6. The predicted octanol–water partition coefficient (Wildman–Crippen LogP) is 0.802. The van der Waals surface area contributed by atoms with E-state index in [1.165, 1.54) is 11.3 Å². The van der Waals surface area contributed by atoms with Crippen LogP contribution in [0.15, 0.2) is 0 Å². The Bertz CT molecular complexity index is 363. The van der Waals surface area contributed by atoms with E-state index in [0.29, 0.717) is 18.3 Å². The maximum atomic E-state index is 11.7. The molecule has 1 aromatic heterocycles. The summed E-state index contributed by atoms with van der Waals surface area (Å²) in [7, 11) is 1.59. The Morgan fingerprint density at radius 3 is 3.25 bits per heavy atom. The molecule has 16 heavy (non-hydrogen) atoms. The molecular weight excluding hydrogens is 230 g/mol. The van der Waals surface area contributed by atoms with Gasteiger partial charge in [0, 0.05) is 13.7 Å². The van der Waals surface area contributed by atoms with Crippen LogP contribution >= 0.6 is 11.3 Å². The zero-order chi connectivity index (χ0) is 11.4. The minimum absolute atomic E-state index is 0.141. The molecular formula is C9H13N3O3S. The second-order valence-corrected chi connectivity index (χ2v) is 4.49. The Kier molecular flexibility index (Phi) is 3.81. The molecule has 1 aromatic rings. The number of nitrogens with zero attached hydrogens (tertiary/aromatic N) is 2. The molecule has 6 nitrogen and oxygen atoms in total. The van der Waals surface area contributed by atoms with Gasteiger partial charge >= 0.3 is 0 Å². The molecule has 1 atom stereocenters. The molecule has 0 spiro atoms. The summed E-state index contributed by atoms with van der Waals surface area (Å²) in [5.41, 5.74) is 0. The van der Waals surface area contributed by atoms with Gasteiger partial charge in [-0.05, 0) is 12.8 Å². The molecule has 0 aliphatic carbocycles. The van der Waals surface area contributed by atoms with E-state index >= 15 is 0 Å². The third-order valence-corrected chi connectivity index (χ3v) is 3.00. The molecule has 7 heteroatoms. The largest absolute Gasteiger partial charge is 0.377 e. The molecule has 1 amide bonds. The Balaban J connectivity index is 1.89. The molecule has 0 radical (unpaired) electrons. The summed E-state index contributed by atoms with van der Waals surface area (Å²) in [5.74, 6) is -0.141. The van der Waals surface area contributed by atoms with Crippen LogP contribution in [0.3, 0.4) is 0 Å². The zero-order valence-corrected chi connectivity index (χ0v) is 9.75. The number of aromatic nitrogens is 2. The van der Waals surface area contributed by atoms with E-state index in [2.05, 4.69) is 15.5 Å². The van der Waals surface area contributed by atoms with Gasteiger partial charge in [0.1, 0.15) is 17.7 Å². The first-order valence-corrected chi connectivity index (χ1v) is 5.85. The number of methoxy groups -OCH3 is 1. The first kappa shape index (κ1) is 11.4. The summed E-state index contributed by atoms with van der Waals surface area (Å²) < 4.78 is 10.2. The van der Waals surface area contributed by atoms with Gasteiger partial charge in [-0.15, -0.1) is 10.2 Å². The Labute approximate surface area is 97.0 Å². The highest BCUT2D eigenvalue weighted by atomic mass is 32.1. The lowest BCUT2D eigenvalue weighted by atomic mass is 10.2. The van der Waals surface area contributed by atoms with E-state index < -0.39 is 0 Å². The lowest BCUT2D eigenvalue weighted by molar-refractivity contribution is -0.124. The molecule has 0 aromatic carbocycles. The molecule has 1 aliphatic rings. The smallest absolute Gasteiger partial charge is 0.255 e. The summed E-state index contributed by atoms with van der Waals surface area (Å²) in [4.78, 5) is 11.7. The van der Waals surface area contributed by atoms with E-state index in [9.17, 15) is 4.79 Å². The van der Waals surface area contributed by atoms with Crippen molar-refractivity contribution in [2.24, 2.45) is 0 Å². The fraction of sp³-hybridized carbons (Fsp3) is 0.667. The first-order valence-electron chi connectivity index (χ1n) is 5.03. The van der Waals surface area contributed by atoms with Gasteiger partial charge < -0.3 is 9.47 Å². The lowest BCUT2D eigenvalue weighted by Gasteiger charge is -2.06. The highest BCUT2D eigenvalue weighted by molar-refractivity contribution is 7.15. The maximum absolute atomic E-state index is 11.7. The van der Waals surface area contributed by atoms with Crippen molar-refractivity contribution in [3.63, 3.8) is 0 Å². The van der Waals surface area contributed by atoms with Gasteiger partial charge in [-0.3, -0.25) is 10.1 Å². The van der Waals surface area contributed by atoms with Crippen LogP contribution in [0.4, 0.5) is 5.13 Å². The van der Waals surface area contributed by atoms with E-state index in [0.717, 1.165) is 17.8 Å². The summed E-state index contributed by atoms with van der Waals surface area (Å²) in [6.45, 7) is 1.07. The average Bonchev–Trinajstić information content (AvgIpc) is 2.89. The number of anilines is 1. The van der Waals surface area contributed by atoms with Crippen molar-refractivity contribution in [1.82, 2.24) is 10.2 Å². The van der Waals surface area contributed by atoms with Gasteiger partial charge in [0.15, 0.2) is 0 Å². The second kappa shape index (κ2) is 5.33. The highest BCUT2D eigenvalue weighted by Gasteiger charge is 2.24. The number of ether oxygens (including phenoxy) is 2. The van der Waals surface area contributed by atoms with Gasteiger partial charge in [0.2, 0.25) is 5.13 Å². The number of rotatable bonds is 4. The number of carbonyl (C=O) groups is 1. The van der Waals surface area contributed by atoms with E-state index in [-0.39, 0.29) is 12.0 Å². The normalized spacial score (nSPS) is 19.9. The van der Waals surface area contributed by atoms with Gasteiger partial charge in [-0.2, -0.15) is 0 Å². The molecule has 0 unspecified atom stereocenters. The predicted molar refractivity (Wildman–Crippen MR) is 58.2 cm³/mol. The Hall–Kier alpha value is -1.05. The molecule has 88 valence electrons. The van der Waals surface area contributed by atoms with Crippen LogP contribution in [0.2, 0.25) is 0 Å². The van der Waals surface area contributed by atoms with Gasteiger partial charge in [0.05, 0.1) is 0 Å². The summed E-state index contributed by atoms with van der Waals surface area (Å²) >= 11 is 1.31. The first-order chi connectivity index (χ1) is 7.79. The standard InChI is InChI=1S/C9H13N3O3S/c1-14-5-7-11-12-9(16-7)10-8(13)6-3-2-4-15-6/h6H,2-5H2,1H3,(H,10,12,13)/t6-/m1/s1. The fourth-order valence-electron chi connectivity index (χ4n) is 1.46. The molecule has 2 rings (SSSR count). The van der Waals surface area contributed by atoms with Crippen LogP contribution in [0.5, 0.6) is 0 Å². The SMILES string of the molecule is COCc1nnc(NC(=O)[C@H]2CCCO2)s1. The van der Waals surface area contributed by atoms with Crippen molar-refractivity contribution >= 4 is 22.4 Å². The van der Waals surface area contributed by atoms with Crippen molar-refractivity contribution < 1.29 is 14.3 Å². The minimum atomic E-state index is -0.338. The van der Waals surface area contributed by atoms with Crippen molar-refractivity contribution in [3.05, 3.63) is 5.01 Å². The highest BCUT2D eigenvalue weighted by Crippen LogP contribution is 2.18. The van der Waals surface area contributed by atoms with E-state index in [1.54, 1.807) is 7.11 Å². The minimum Gasteiger partial charge on any atom is -0.377 e. The summed E-state index contributed by atoms with van der Waals surface area (Å²) in [6.07, 6.45) is 1.37.